The fraction of sp³-hybridized carbons (Fsp3) is 0.276. The first-order valence-electron chi connectivity index (χ1n) is 12.8. The molecular weight excluding hydrogens is 650 g/mol. The second-order valence-corrected chi connectivity index (χ2v) is 11.0. The zero-order chi connectivity index (χ0) is 29.3. The van der Waals surface area contributed by atoms with Crippen LogP contribution in [0, 0.1) is 20.7 Å². The summed E-state index contributed by atoms with van der Waals surface area (Å²) in [5.74, 6) is -5.56. The number of nitrogens with zero attached hydrogens (tertiary/aromatic N) is 4. The van der Waals surface area contributed by atoms with Gasteiger partial charge >= 0.3 is 0 Å². The number of carbonyl (C=O) groups excluding carboxylic acids is 3. The molecule has 8 nitrogen and oxygen atoms in total. The van der Waals surface area contributed by atoms with Gasteiger partial charge in [-0.15, -0.1) is 0 Å². The molecule has 3 aromatic rings. The van der Waals surface area contributed by atoms with Crippen LogP contribution in [0.3, 0.4) is 0 Å². The third kappa shape index (κ3) is 5.76. The van der Waals surface area contributed by atoms with Crippen LogP contribution in [0.2, 0.25) is 0 Å². The van der Waals surface area contributed by atoms with Crippen LogP contribution in [0.5, 0.6) is 0 Å². The molecule has 1 aromatic heterocycles. The summed E-state index contributed by atoms with van der Waals surface area (Å²) in [5.41, 5.74) is 0.364. The topological polar surface area (TPSA) is 106 Å². The van der Waals surface area contributed by atoms with Gasteiger partial charge in [0.2, 0.25) is 11.8 Å². The second-order valence-electron chi connectivity index (χ2n) is 9.89. The highest BCUT2D eigenvalue weighted by Crippen LogP contribution is 2.39. The predicted octanol–water partition coefficient (Wildman–Crippen LogP) is 4.88. The Kier molecular flexibility index (Phi) is 7.99. The van der Waals surface area contributed by atoms with E-state index in [0.29, 0.717) is 9.13 Å². The summed E-state index contributed by atoms with van der Waals surface area (Å²) in [5, 5.41) is 12.0. The number of pyridine rings is 1. The van der Waals surface area contributed by atoms with E-state index in [0.717, 1.165) is 15.9 Å². The van der Waals surface area contributed by atoms with Crippen LogP contribution in [0.1, 0.15) is 42.9 Å². The van der Waals surface area contributed by atoms with E-state index in [1.807, 2.05) is 28.7 Å². The molecule has 0 bridgehead atoms. The number of nitriles is 1. The number of alkyl halides is 2. The zero-order valence-corrected chi connectivity index (χ0v) is 23.6. The molecule has 2 aromatic carbocycles. The Morgan fingerprint density at radius 2 is 1.85 bits per heavy atom. The van der Waals surface area contributed by atoms with Gasteiger partial charge < -0.3 is 5.32 Å². The monoisotopic (exact) mass is 673 g/mol. The first-order chi connectivity index (χ1) is 19.6. The number of hydrogen-bond acceptors (Lipinski definition) is 5. The molecule has 3 amide bonds. The summed E-state index contributed by atoms with van der Waals surface area (Å²) in [6.45, 7) is 0. The molecule has 2 atom stereocenters. The van der Waals surface area contributed by atoms with Gasteiger partial charge in [-0.3, -0.25) is 24.2 Å². The number of rotatable bonds is 7. The number of halogens is 4. The third-order valence-electron chi connectivity index (χ3n) is 7.11. The minimum Gasteiger partial charge on any atom is -0.351 e. The van der Waals surface area contributed by atoms with Crippen molar-refractivity contribution in [2.75, 3.05) is 9.80 Å². The van der Waals surface area contributed by atoms with Crippen LogP contribution in [0.15, 0.2) is 66.9 Å². The molecule has 210 valence electrons. The number of para-hydroxylation sites is 1. The van der Waals surface area contributed by atoms with Crippen molar-refractivity contribution in [1.82, 2.24) is 10.3 Å². The van der Waals surface area contributed by atoms with E-state index in [1.165, 1.54) is 36.5 Å². The van der Waals surface area contributed by atoms with Gasteiger partial charge in [0, 0.05) is 35.1 Å². The highest BCUT2D eigenvalue weighted by Gasteiger charge is 2.49. The van der Waals surface area contributed by atoms with Crippen LogP contribution in [-0.2, 0) is 14.4 Å². The van der Waals surface area contributed by atoms with Crippen LogP contribution >= 0.6 is 22.6 Å². The number of anilines is 2. The van der Waals surface area contributed by atoms with Gasteiger partial charge in [0.15, 0.2) is 0 Å². The first kappa shape index (κ1) is 28.5. The van der Waals surface area contributed by atoms with Crippen LogP contribution in [0.25, 0.3) is 0 Å². The van der Waals surface area contributed by atoms with Crippen molar-refractivity contribution in [3.63, 3.8) is 0 Å². The Morgan fingerprint density at radius 1 is 1.15 bits per heavy atom. The Bertz CT molecular complexity index is 1550. The van der Waals surface area contributed by atoms with Gasteiger partial charge in [-0.2, -0.15) is 5.26 Å². The van der Waals surface area contributed by atoms with Crippen molar-refractivity contribution in [2.45, 2.75) is 49.7 Å². The largest absolute Gasteiger partial charge is 0.351 e. The number of nitrogens with one attached hydrogen (secondary N) is 1. The van der Waals surface area contributed by atoms with Gasteiger partial charge in [0.05, 0.1) is 17.3 Å². The van der Waals surface area contributed by atoms with Crippen molar-refractivity contribution >= 4 is 51.8 Å². The molecule has 0 unspecified atom stereocenters. The summed E-state index contributed by atoms with van der Waals surface area (Å²) in [6, 6.07) is 13.5. The average Bonchev–Trinajstić information content (AvgIpc) is 3.32. The molecule has 1 saturated carbocycles. The maximum atomic E-state index is 15.4. The smallest absolute Gasteiger partial charge is 0.252 e. The molecule has 41 heavy (non-hydrogen) atoms. The van der Waals surface area contributed by atoms with Gasteiger partial charge in [-0.1, -0.05) is 30.3 Å². The molecule has 0 spiro atoms. The molecule has 2 aliphatic rings. The van der Waals surface area contributed by atoms with Crippen molar-refractivity contribution < 1.29 is 27.6 Å². The summed E-state index contributed by atoms with van der Waals surface area (Å²) in [7, 11) is 0. The van der Waals surface area contributed by atoms with E-state index in [9.17, 15) is 28.4 Å². The Morgan fingerprint density at radius 3 is 2.54 bits per heavy atom. The fourth-order valence-electron chi connectivity index (χ4n) is 5.16. The van der Waals surface area contributed by atoms with Crippen molar-refractivity contribution in [1.29, 1.82) is 5.26 Å². The van der Waals surface area contributed by atoms with E-state index >= 15 is 4.39 Å². The number of benzene rings is 2. The Labute approximate surface area is 247 Å². The summed E-state index contributed by atoms with van der Waals surface area (Å²) >= 11 is 1.99. The molecule has 1 saturated heterocycles. The van der Waals surface area contributed by atoms with Crippen LogP contribution in [0.4, 0.5) is 24.7 Å². The van der Waals surface area contributed by atoms with E-state index < -0.39 is 60.4 Å². The van der Waals surface area contributed by atoms with Crippen LogP contribution in [-0.4, -0.2) is 40.7 Å². The lowest BCUT2D eigenvalue weighted by Gasteiger charge is -2.39. The minimum absolute atomic E-state index is 0.0170. The normalized spacial score (nSPS) is 18.8. The van der Waals surface area contributed by atoms with Gasteiger partial charge in [-0.05, 0) is 64.9 Å². The molecule has 1 aliphatic carbocycles. The third-order valence-corrected chi connectivity index (χ3v) is 8.09. The quantitative estimate of drug-likeness (QED) is 0.360. The van der Waals surface area contributed by atoms with Crippen LogP contribution < -0.4 is 15.1 Å². The van der Waals surface area contributed by atoms with Gasteiger partial charge in [0.25, 0.3) is 11.8 Å². The molecule has 1 N–H and O–H groups in total. The summed E-state index contributed by atoms with van der Waals surface area (Å²) in [4.78, 5) is 47.7. The molecular formula is C29H23F3IN5O3. The second kappa shape index (κ2) is 11.5. The van der Waals surface area contributed by atoms with Crippen molar-refractivity contribution in [2.24, 2.45) is 0 Å². The lowest BCUT2D eigenvalue weighted by Crippen LogP contribution is -2.56. The van der Waals surface area contributed by atoms with E-state index in [2.05, 4.69) is 10.3 Å². The molecule has 2 heterocycles. The highest BCUT2D eigenvalue weighted by molar-refractivity contribution is 14.1. The van der Waals surface area contributed by atoms with E-state index in [1.54, 1.807) is 24.3 Å². The van der Waals surface area contributed by atoms with Gasteiger partial charge in [0.1, 0.15) is 23.7 Å². The standard InChI is InChI=1S/C29H23F3IN5O3/c30-20-6-2-4-8-22(20)38(28(41)23-9-10-25(39)37(23)24-13-17(16-34)11-12-35-24)26(19-5-1-3-7-21(19)33)27(40)36-18-14-29(31,32)15-18/h1-8,11-13,18,23,26H,9-10,14-15H2,(H,36,40)/t23-,26-/m0/s1. The Hall–Kier alpha value is -3.99. The van der Waals surface area contributed by atoms with Crippen molar-refractivity contribution in [3.05, 3.63) is 87.4 Å². The predicted molar refractivity (Wildman–Crippen MR) is 151 cm³/mol. The highest BCUT2D eigenvalue weighted by atomic mass is 127. The molecule has 5 rings (SSSR count). The summed E-state index contributed by atoms with van der Waals surface area (Å²) in [6.07, 6.45) is 0.285. The lowest BCUT2D eigenvalue weighted by atomic mass is 9.87. The first-order valence-corrected chi connectivity index (χ1v) is 13.9. The zero-order valence-electron chi connectivity index (χ0n) is 21.4. The maximum Gasteiger partial charge on any atom is 0.252 e. The minimum atomic E-state index is -2.90. The summed E-state index contributed by atoms with van der Waals surface area (Å²) < 4.78 is 43.2. The molecule has 0 radical (unpaired) electrons. The molecule has 1 aliphatic heterocycles. The number of hydrogen-bond donors (Lipinski definition) is 1. The Balaban J connectivity index is 1.61. The fourth-order valence-corrected chi connectivity index (χ4v) is 5.84. The number of carbonyl (C=O) groups is 3. The lowest BCUT2D eigenvalue weighted by molar-refractivity contribution is -0.133. The molecule has 12 heteroatoms. The number of amides is 3. The number of aromatic nitrogens is 1. The van der Waals surface area contributed by atoms with Gasteiger partial charge in [-0.25, -0.2) is 18.2 Å². The maximum absolute atomic E-state index is 15.4. The molecule has 2 fully saturated rings. The average molecular weight is 673 g/mol. The SMILES string of the molecule is N#Cc1ccnc(N2C(=O)CC[C@H]2C(=O)N(c2ccccc2F)[C@H](C(=O)NC2CC(F)(F)C2)c2ccccc2I)c1. The van der Waals surface area contributed by atoms with E-state index in [4.69, 9.17) is 0 Å². The van der Waals surface area contributed by atoms with E-state index in [-0.39, 0.29) is 29.9 Å². The van der Waals surface area contributed by atoms with Crippen molar-refractivity contribution in [3.8, 4) is 6.07 Å².